The molecule has 3 N–H and O–H groups in total. The number of nitrogens with one attached hydrogen (secondary N) is 2. The Morgan fingerprint density at radius 1 is 1.10 bits per heavy atom. The first-order valence-corrected chi connectivity index (χ1v) is 9.84. The summed E-state index contributed by atoms with van der Waals surface area (Å²) in [5.74, 6) is 0.0227. The molecule has 0 radical (unpaired) electrons. The Morgan fingerprint density at radius 3 is 2.60 bits per heavy atom. The van der Waals surface area contributed by atoms with Crippen LogP contribution in [-0.4, -0.2) is 21.1 Å². The molecule has 1 heterocycles. The highest BCUT2D eigenvalue weighted by Crippen LogP contribution is 2.33. The third-order valence-corrected chi connectivity index (χ3v) is 4.83. The van der Waals surface area contributed by atoms with E-state index >= 15 is 0 Å². The number of para-hydroxylation sites is 2. The van der Waals surface area contributed by atoms with Crippen LogP contribution in [0.3, 0.4) is 0 Å². The van der Waals surface area contributed by atoms with Crippen LogP contribution >= 0.6 is 12.2 Å². The number of phenolic OH excluding ortho intramolecular Hbond substituents is 1. The predicted octanol–water partition coefficient (Wildman–Crippen LogP) is 4.89. The number of benzene rings is 3. The highest BCUT2D eigenvalue weighted by atomic mass is 32.1. The van der Waals surface area contributed by atoms with Gasteiger partial charge in [0.15, 0.2) is 10.7 Å². The van der Waals surface area contributed by atoms with E-state index in [-0.39, 0.29) is 16.8 Å². The maximum Gasteiger partial charge on any atom is 0.257 e. The smallest absolute Gasteiger partial charge is 0.257 e. The highest BCUT2D eigenvalue weighted by Gasteiger charge is 2.14. The number of aryl methyl sites for hydroxylation is 1. The van der Waals surface area contributed by atoms with Crippen molar-refractivity contribution in [1.29, 1.82) is 0 Å². The number of aromatic nitrogens is 1. The van der Waals surface area contributed by atoms with Gasteiger partial charge in [0, 0.05) is 11.3 Å². The number of carbonyl (C=O) groups is 1. The minimum Gasteiger partial charge on any atom is -0.507 e. The summed E-state index contributed by atoms with van der Waals surface area (Å²) in [6.07, 6.45) is 0.908. The van der Waals surface area contributed by atoms with E-state index in [4.69, 9.17) is 16.6 Å². The van der Waals surface area contributed by atoms with Crippen molar-refractivity contribution in [2.24, 2.45) is 0 Å². The lowest BCUT2D eigenvalue weighted by molar-refractivity contribution is 0.0977. The monoisotopic (exact) mass is 417 g/mol. The third kappa shape index (κ3) is 4.16. The van der Waals surface area contributed by atoms with Crippen LogP contribution < -0.4 is 10.6 Å². The molecule has 1 amide bonds. The predicted molar refractivity (Wildman–Crippen MR) is 121 cm³/mol. The number of aromatic hydroxyl groups is 1. The van der Waals surface area contributed by atoms with Gasteiger partial charge in [-0.2, -0.15) is 0 Å². The van der Waals surface area contributed by atoms with E-state index < -0.39 is 0 Å². The number of carbonyl (C=O) groups excluding carboxylic acids is 1. The number of amides is 1. The highest BCUT2D eigenvalue weighted by molar-refractivity contribution is 7.80. The molecule has 0 atom stereocenters. The zero-order valence-electron chi connectivity index (χ0n) is 16.2. The number of hydrogen-bond acceptors (Lipinski definition) is 5. The molecule has 7 heteroatoms. The van der Waals surface area contributed by atoms with Crippen LogP contribution in [0.2, 0.25) is 0 Å². The van der Waals surface area contributed by atoms with Crippen LogP contribution in [0.5, 0.6) is 5.75 Å². The normalized spacial score (nSPS) is 10.7. The van der Waals surface area contributed by atoms with Crippen molar-refractivity contribution in [3.63, 3.8) is 0 Å². The van der Waals surface area contributed by atoms with Gasteiger partial charge in [-0.05, 0) is 66.7 Å². The molecule has 0 unspecified atom stereocenters. The van der Waals surface area contributed by atoms with Gasteiger partial charge in [0.2, 0.25) is 5.89 Å². The van der Waals surface area contributed by atoms with Gasteiger partial charge in [-0.3, -0.25) is 10.1 Å². The third-order valence-electron chi connectivity index (χ3n) is 4.63. The molecule has 4 rings (SSSR count). The lowest BCUT2D eigenvalue weighted by atomic mass is 10.1. The average Bonchev–Trinajstić information content (AvgIpc) is 3.19. The van der Waals surface area contributed by atoms with Gasteiger partial charge in [-0.15, -0.1) is 0 Å². The van der Waals surface area contributed by atoms with Crippen molar-refractivity contribution in [3.8, 4) is 17.2 Å². The van der Waals surface area contributed by atoms with Gasteiger partial charge in [0.25, 0.3) is 5.91 Å². The van der Waals surface area contributed by atoms with Gasteiger partial charge in [0.1, 0.15) is 11.3 Å². The van der Waals surface area contributed by atoms with E-state index in [9.17, 15) is 9.90 Å². The Labute approximate surface area is 178 Å². The average molecular weight is 417 g/mol. The number of nitrogens with zero attached hydrogens (tertiary/aromatic N) is 1. The number of hydrogen-bond donors (Lipinski definition) is 3. The first-order valence-electron chi connectivity index (χ1n) is 9.43. The summed E-state index contributed by atoms with van der Waals surface area (Å²) in [6, 6.07) is 19.5. The number of rotatable bonds is 4. The van der Waals surface area contributed by atoms with Crippen molar-refractivity contribution >= 4 is 40.0 Å². The van der Waals surface area contributed by atoms with Crippen LogP contribution in [0, 0.1) is 0 Å². The van der Waals surface area contributed by atoms with Crippen LogP contribution in [0.15, 0.2) is 71.1 Å². The summed E-state index contributed by atoms with van der Waals surface area (Å²) in [4.78, 5) is 16.8. The standard InChI is InChI=1S/C23H19N3O3S/c1-2-14-7-9-15(10-8-14)21(28)26-23(30)24-16-11-12-19(27)17(13-16)22-25-18-5-3-4-6-20(18)29-22/h3-13,27H,2H2,1H3,(H2,24,26,28,30). The summed E-state index contributed by atoms with van der Waals surface area (Å²) >= 11 is 5.26. The largest absolute Gasteiger partial charge is 0.507 e. The molecular weight excluding hydrogens is 398 g/mol. The van der Waals surface area contributed by atoms with Gasteiger partial charge < -0.3 is 14.8 Å². The molecule has 150 valence electrons. The summed E-state index contributed by atoms with van der Waals surface area (Å²) in [5, 5.41) is 16.0. The van der Waals surface area contributed by atoms with E-state index in [0.29, 0.717) is 33.8 Å². The summed E-state index contributed by atoms with van der Waals surface area (Å²) < 4.78 is 5.73. The molecule has 0 aliphatic carbocycles. The van der Waals surface area contributed by atoms with Crippen molar-refractivity contribution in [1.82, 2.24) is 10.3 Å². The first-order chi connectivity index (χ1) is 14.5. The molecule has 6 nitrogen and oxygen atoms in total. The van der Waals surface area contributed by atoms with Crippen LogP contribution in [-0.2, 0) is 6.42 Å². The topological polar surface area (TPSA) is 87.4 Å². The maximum atomic E-state index is 12.4. The summed E-state index contributed by atoms with van der Waals surface area (Å²) in [7, 11) is 0. The van der Waals surface area contributed by atoms with E-state index in [1.807, 2.05) is 36.4 Å². The van der Waals surface area contributed by atoms with E-state index in [1.165, 1.54) is 6.07 Å². The number of fused-ring (bicyclic) bond motifs is 1. The van der Waals surface area contributed by atoms with Crippen molar-refractivity contribution in [2.45, 2.75) is 13.3 Å². The molecule has 1 aromatic heterocycles. The second-order valence-corrected chi connectivity index (χ2v) is 7.09. The Hall–Kier alpha value is -3.71. The zero-order chi connectivity index (χ0) is 21.1. The quantitative estimate of drug-likeness (QED) is 0.324. The van der Waals surface area contributed by atoms with Gasteiger partial charge in [-0.25, -0.2) is 4.98 Å². The molecule has 30 heavy (non-hydrogen) atoms. The molecule has 0 fully saturated rings. The van der Waals surface area contributed by atoms with E-state index in [0.717, 1.165) is 12.0 Å². The summed E-state index contributed by atoms with van der Waals surface area (Å²) in [6.45, 7) is 2.06. The lowest BCUT2D eigenvalue weighted by Gasteiger charge is -2.11. The number of anilines is 1. The fraction of sp³-hybridized carbons (Fsp3) is 0.0870. The minimum absolute atomic E-state index is 0.0260. The van der Waals surface area contributed by atoms with Gasteiger partial charge in [-0.1, -0.05) is 31.2 Å². The molecule has 0 spiro atoms. The molecule has 4 aromatic rings. The van der Waals surface area contributed by atoms with Crippen LogP contribution in [0.25, 0.3) is 22.6 Å². The Kier molecular flexibility index (Phi) is 5.45. The van der Waals surface area contributed by atoms with E-state index in [2.05, 4.69) is 22.5 Å². The number of phenols is 1. The Balaban J connectivity index is 1.49. The molecule has 0 bridgehead atoms. The fourth-order valence-corrected chi connectivity index (χ4v) is 3.21. The number of oxazole rings is 1. The second kappa shape index (κ2) is 8.34. The summed E-state index contributed by atoms with van der Waals surface area (Å²) in [5.41, 5.74) is 4.00. The van der Waals surface area contributed by atoms with Crippen LogP contribution in [0.1, 0.15) is 22.8 Å². The maximum absolute atomic E-state index is 12.4. The second-order valence-electron chi connectivity index (χ2n) is 6.68. The Morgan fingerprint density at radius 2 is 1.87 bits per heavy atom. The zero-order valence-corrected chi connectivity index (χ0v) is 17.0. The fourth-order valence-electron chi connectivity index (χ4n) is 3.00. The SMILES string of the molecule is CCc1ccc(C(=O)NC(=S)Nc2ccc(O)c(-c3nc4ccccc4o3)c2)cc1. The van der Waals surface area contributed by atoms with Gasteiger partial charge >= 0.3 is 0 Å². The number of thiocarbonyl (C=S) groups is 1. The molecular formula is C23H19N3O3S. The van der Waals surface area contributed by atoms with Crippen molar-refractivity contribution < 1.29 is 14.3 Å². The minimum atomic E-state index is -0.298. The van der Waals surface area contributed by atoms with E-state index in [1.54, 1.807) is 24.3 Å². The van der Waals surface area contributed by atoms with Gasteiger partial charge in [0.05, 0.1) is 5.56 Å². The molecule has 0 aliphatic heterocycles. The lowest BCUT2D eigenvalue weighted by Crippen LogP contribution is -2.34. The molecule has 0 saturated heterocycles. The first kappa shape index (κ1) is 19.6. The van der Waals surface area contributed by atoms with Crippen LogP contribution in [0.4, 0.5) is 5.69 Å². The van der Waals surface area contributed by atoms with Crippen molar-refractivity contribution in [2.75, 3.05) is 5.32 Å². The Bertz CT molecular complexity index is 1200. The molecule has 0 saturated carbocycles. The molecule has 0 aliphatic rings. The molecule has 3 aromatic carbocycles. The van der Waals surface area contributed by atoms with Crippen molar-refractivity contribution in [3.05, 3.63) is 77.9 Å².